The highest BCUT2D eigenvalue weighted by atomic mass is 79.9. The average Bonchev–Trinajstić information content (AvgIpc) is 2.64. The number of nitrogen functional groups attached to an aromatic ring is 1. The van der Waals surface area contributed by atoms with Gasteiger partial charge in [-0.2, -0.15) is 5.10 Å². The minimum atomic E-state index is -0.210. The lowest BCUT2D eigenvalue weighted by Gasteiger charge is -2.07. The molecule has 0 aliphatic heterocycles. The van der Waals surface area contributed by atoms with Crippen molar-refractivity contribution < 1.29 is 4.39 Å². The highest BCUT2D eigenvalue weighted by molar-refractivity contribution is 9.10. The van der Waals surface area contributed by atoms with Crippen LogP contribution in [0, 0.1) is 5.82 Å². The molecule has 2 aromatic rings. The summed E-state index contributed by atoms with van der Waals surface area (Å²) in [4.78, 5) is 0. The van der Waals surface area contributed by atoms with E-state index in [0.717, 1.165) is 11.1 Å². The summed E-state index contributed by atoms with van der Waals surface area (Å²) in [5.74, 6) is 0.365. The number of nitrogens with two attached hydrogens (primary N) is 1. The molecular formula is C12H13BrFN3. The molecular weight excluding hydrogens is 285 g/mol. The molecule has 5 heteroatoms. The zero-order chi connectivity index (χ0) is 12.6. The summed E-state index contributed by atoms with van der Waals surface area (Å²) in [6.07, 6.45) is 2.33. The van der Waals surface area contributed by atoms with Crippen molar-refractivity contribution in [3.05, 3.63) is 34.2 Å². The Bertz CT molecular complexity index is 563. The highest BCUT2D eigenvalue weighted by Gasteiger charge is 2.12. The number of nitrogens with zero attached hydrogens (tertiary/aromatic N) is 2. The fraction of sp³-hybridized carbons (Fsp3) is 0.250. The van der Waals surface area contributed by atoms with Crippen LogP contribution in [0.1, 0.15) is 12.5 Å². The van der Waals surface area contributed by atoms with Gasteiger partial charge in [0, 0.05) is 12.6 Å². The molecule has 2 rings (SSSR count). The van der Waals surface area contributed by atoms with E-state index >= 15 is 0 Å². The second kappa shape index (κ2) is 4.49. The van der Waals surface area contributed by atoms with Crippen LogP contribution in [-0.4, -0.2) is 9.78 Å². The smallest absolute Gasteiger partial charge is 0.140 e. The molecule has 1 aromatic heterocycles. The van der Waals surface area contributed by atoms with Gasteiger partial charge in [0.2, 0.25) is 0 Å². The first-order valence-corrected chi connectivity index (χ1v) is 6.09. The van der Waals surface area contributed by atoms with Gasteiger partial charge >= 0.3 is 0 Å². The Balaban J connectivity index is 2.61. The highest BCUT2D eigenvalue weighted by Crippen LogP contribution is 2.31. The number of benzene rings is 1. The molecule has 0 aliphatic rings. The Morgan fingerprint density at radius 1 is 1.47 bits per heavy atom. The summed E-state index contributed by atoms with van der Waals surface area (Å²) in [5, 5.41) is 4.08. The van der Waals surface area contributed by atoms with E-state index in [1.807, 2.05) is 13.0 Å². The van der Waals surface area contributed by atoms with Crippen LogP contribution in [0.5, 0.6) is 0 Å². The van der Waals surface area contributed by atoms with Crippen LogP contribution in [0.25, 0.3) is 11.1 Å². The molecule has 3 nitrogen and oxygen atoms in total. The molecule has 0 amide bonds. The van der Waals surface area contributed by atoms with Crippen LogP contribution in [0.2, 0.25) is 0 Å². The van der Waals surface area contributed by atoms with Crippen molar-refractivity contribution in [1.82, 2.24) is 9.78 Å². The van der Waals surface area contributed by atoms with Gasteiger partial charge in [-0.15, -0.1) is 0 Å². The molecule has 1 heterocycles. The molecule has 0 saturated heterocycles. The van der Waals surface area contributed by atoms with Crippen LogP contribution >= 0.6 is 15.9 Å². The summed E-state index contributed by atoms with van der Waals surface area (Å²) in [5.41, 5.74) is 8.27. The van der Waals surface area contributed by atoms with Crippen molar-refractivity contribution in [2.45, 2.75) is 13.3 Å². The molecule has 90 valence electrons. The van der Waals surface area contributed by atoms with Gasteiger partial charge in [0.15, 0.2) is 0 Å². The van der Waals surface area contributed by atoms with Crippen LogP contribution in [0.4, 0.5) is 10.2 Å². The van der Waals surface area contributed by atoms with E-state index in [4.69, 9.17) is 5.73 Å². The third-order valence-corrected chi connectivity index (χ3v) is 3.36. The molecule has 0 spiro atoms. The van der Waals surface area contributed by atoms with Crippen molar-refractivity contribution in [2.24, 2.45) is 7.05 Å². The number of aromatic nitrogens is 2. The zero-order valence-electron chi connectivity index (χ0n) is 9.67. The van der Waals surface area contributed by atoms with Crippen molar-refractivity contribution >= 4 is 21.7 Å². The normalized spacial score (nSPS) is 10.8. The van der Waals surface area contributed by atoms with Crippen LogP contribution in [0.15, 0.2) is 22.8 Å². The first-order chi connectivity index (χ1) is 8.04. The third-order valence-electron chi connectivity index (χ3n) is 2.78. The SMILES string of the molecule is CCc1cc(-c2cnn(C)c2N)cc(Br)c1F. The largest absolute Gasteiger partial charge is 0.383 e. The summed E-state index contributed by atoms with van der Waals surface area (Å²) in [6.45, 7) is 1.92. The van der Waals surface area contributed by atoms with Gasteiger partial charge in [-0.1, -0.05) is 6.92 Å². The quantitative estimate of drug-likeness (QED) is 0.925. The number of halogens is 2. The number of hydrogen-bond donors (Lipinski definition) is 1. The lowest BCUT2D eigenvalue weighted by molar-refractivity contribution is 0.606. The second-order valence-corrected chi connectivity index (χ2v) is 4.71. The standard InChI is InChI=1S/C12H13BrFN3/c1-3-7-4-8(5-10(13)11(7)14)9-6-16-17(2)12(9)15/h4-6H,3,15H2,1-2H3. The summed E-state index contributed by atoms with van der Waals surface area (Å²) >= 11 is 3.22. The van der Waals surface area contributed by atoms with Crippen molar-refractivity contribution in [3.8, 4) is 11.1 Å². The Labute approximate surface area is 108 Å². The Morgan fingerprint density at radius 2 is 2.18 bits per heavy atom. The molecule has 17 heavy (non-hydrogen) atoms. The summed E-state index contributed by atoms with van der Waals surface area (Å²) < 4.78 is 15.8. The van der Waals surface area contributed by atoms with Crippen LogP contribution < -0.4 is 5.73 Å². The molecule has 0 radical (unpaired) electrons. The van der Waals surface area contributed by atoms with E-state index in [2.05, 4.69) is 21.0 Å². The van der Waals surface area contributed by atoms with Crippen molar-refractivity contribution in [2.75, 3.05) is 5.73 Å². The molecule has 0 fully saturated rings. The lowest BCUT2D eigenvalue weighted by Crippen LogP contribution is -1.98. The number of hydrogen-bond acceptors (Lipinski definition) is 2. The van der Waals surface area contributed by atoms with Gasteiger partial charge in [-0.3, -0.25) is 4.68 Å². The first-order valence-electron chi connectivity index (χ1n) is 5.30. The van der Waals surface area contributed by atoms with E-state index in [-0.39, 0.29) is 5.82 Å². The molecule has 0 bridgehead atoms. The monoisotopic (exact) mass is 297 g/mol. The minimum Gasteiger partial charge on any atom is -0.383 e. The first kappa shape index (κ1) is 12.1. The number of aryl methyl sites for hydroxylation is 2. The van der Waals surface area contributed by atoms with Gasteiger partial charge in [0.1, 0.15) is 11.6 Å². The van der Waals surface area contributed by atoms with Gasteiger partial charge in [-0.05, 0) is 45.6 Å². The Hall–Kier alpha value is -1.36. The average molecular weight is 298 g/mol. The molecule has 0 aliphatic carbocycles. The zero-order valence-corrected chi connectivity index (χ0v) is 11.3. The fourth-order valence-electron chi connectivity index (χ4n) is 1.73. The van der Waals surface area contributed by atoms with E-state index in [1.165, 1.54) is 0 Å². The predicted molar refractivity (Wildman–Crippen MR) is 70.1 cm³/mol. The maximum absolute atomic E-state index is 13.7. The number of anilines is 1. The maximum Gasteiger partial charge on any atom is 0.140 e. The minimum absolute atomic E-state index is 0.210. The van der Waals surface area contributed by atoms with Crippen molar-refractivity contribution in [1.29, 1.82) is 0 Å². The molecule has 0 saturated carbocycles. The third kappa shape index (κ3) is 2.07. The topological polar surface area (TPSA) is 43.8 Å². The van der Waals surface area contributed by atoms with E-state index in [9.17, 15) is 4.39 Å². The summed E-state index contributed by atoms with van der Waals surface area (Å²) in [6, 6.07) is 3.54. The summed E-state index contributed by atoms with van der Waals surface area (Å²) in [7, 11) is 1.78. The van der Waals surface area contributed by atoms with Gasteiger partial charge in [-0.25, -0.2) is 4.39 Å². The van der Waals surface area contributed by atoms with Gasteiger partial charge < -0.3 is 5.73 Å². The van der Waals surface area contributed by atoms with Gasteiger partial charge in [0.05, 0.1) is 10.7 Å². The maximum atomic E-state index is 13.7. The van der Waals surface area contributed by atoms with Crippen LogP contribution in [0.3, 0.4) is 0 Å². The molecule has 0 atom stereocenters. The second-order valence-electron chi connectivity index (χ2n) is 3.85. The lowest BCUT2D eigenvalue weighted by atomic mass is 10.0. The van der Waals surface area contributed by atoms with Crippen molar-refractivity contribution in [3.63, 3.8) is 0 Å². The number of rotatable bonds is 2. The molecule has 1 aromatic carbocycles. The Morgan fingerprint density at radius 3 is 2.71 bits per heavy atom. The van der Waals surface area contributed by atoms with E-state index < -0.39 is 0 Å². The van der Waals surface area contributed by atoms with E-state index in [1.54, 1.807) is 24.0 Å². The fourth-order valence-corrected chi connectivity index (χ4v) is 2.23. The predicted octanol–water partition coefficient (Wildman–Crippen LogP) is 3.13. The Kier molecular flexibility index (Phi) is 3.19. The van der Waals surface area contributed by atoms with E-state index in [0.29, 0.717) is 22.3 Å². The van der Waals surface area contributed by atoms with Gasteiger partial charge in [0.25, 0.3) is 0 Å². The molecule has 2 N–H and O–H groups in total. The molecule has 0 unspecified atom stereocenters. The van der Waals surface area contributed by atoms with Crippen LogP contribution in [-0.2, 0) is 13.5 Å².